The van der Waals surface area contributed by atoms with E-state index in [1.165, 1.54) is 0 Å². The molecule has 1 rings (SSSR count). The monoisotopic (exact) mass is 223 g/mol. The Balaban J connectivity index is 2.49. The Kier molecular flexibility index (Phi) is 3.52. The van der Waals surface area contributed by atoms with Crippen molar-refractivity contribution in [2.24, 2.45) is 5.41 Å². The van der Waals surface area contributed by atoms with Gasteiger partial charge in [0, 0.05) is 18.5 Å². The van der Waals surface area contributed by atoms with Gasteiger partial charge >= 0.3 is 6.09 Å². The molecule has 0 aromatic heterocycles. The van der Waals surface area contributed by atoms with Gasteiger partial charge in [-0.3, -0.25) is 0 Å². The first kappa shape index (κ1) is 12.9. The summed E-state index contributed by atoms with van der Waals surface area (Å²) in [6.45, 7) is 9.08. The van der Waals surface area contributed by atoms with Gasteiger partial charge in [0.1, 0.15) is 5.60 Å². The molecule has 1 aliphatic heterocycles. The summed E-state index contributed by atoms with van der Waals surface area (Å²) in [6, 6.07) is 0. The van der Waals surface area contributed by atoms with Gasteiger partial charge in [-0.05, 0) is 40.5 Å². The quantitative estimate of drug-likeness (QED) is 0.591. The van der Waals surface area contributed by atoms with E-state index in [0.717, 1.165) is 12.8 Å². The summed E-state index contributed by atoms with van der Waals surface area (Å²) in [5.74, 6) is 2.81. The summed E-state index contributed by atoms with van der Waals surface area (Å²) in [6.07, 6.45) is 6.95. The minimum atomic E-state index is -0.427. The van der Waals surface area contributed by atoms with Crippen molar-refractivity contribution in [1.29, 1.82) is 0 Å². The summed E-state index contributed by atoms with van der Waals surface area (Å²) in [5, 5.41) is 0. The molecule has 0 N–H and O–H groups in total. The Morgan fingerprint density at radius 2 is 1.88 bits per heavy atom. The number of hydrogen-bond donors (Lipinski definition) is 0. The molecule has 0 spiro atoms. The number of nitrogens with zero attached hydrogens (tertiary/aromatic N) is 1. The molecule has 1 aliphatic rings. The fourth-order valence-electron chi connectivity index (χ4n) is 1.65. The van der Waals surface area contributed by atoms with Gasteiger partial charge in [-0.25, -0.2) is 4.79 Å². The molecule has 1 amide bonds. The molecular formula is C13H21NO2. The Labute approximate surface area is 98.1 Å². The third kappa shape index (κ3) is 3.44. The number of piperidine rings is 1. The average molecular weight is 223 g/mol. The number of rotatable bonds is 0. The molecule has 0 bridgehead atoms. The minimum Gasteiger partial charge on any atom is -0.444 e. The third-order valence-corrected chi connectivity index (χ3v) is 2.87. The van der Waals surface area contributed by atoms with E-state index in [1.807, 2.05) is 20.8 Å². The van der Waals surface area contributed by atoms with E-state index in [-0.39, 0.29) is 11.5 Å². The third-order valence-electron chi connectivity index (χ3n) is 2.87. The lowest BCUT2D eigenvalue weighted by molar-refractivity contribution is 0.0161. The van der Waals surface area contributed by atoms with Crippen LogP contribution in [0.25, 0.3) is 0 Å². The van der Waals surface area contributed by atoms with Gasteiger partial charge in [0.05, 0.1) is 0 Å². The molecule has 1 heterocycles. The fourth-order valence-corrected chi connectivity index (χ4v) is 1.65. The second-order valence-electron chi connectivity index (χ2n) is 5.67. The highest BCUT2D eigenvalue weighted by atomic mass is 16.6. The zero-order valence-electron chi connectivity index (χ0n) is 10.7. The van der Waals surface area contributed by atoms with Crippen LogP contribution in [0.3, 0.4) is 0 Å². The van der Waals surface area contributed by atoms with Crippen molar-refractivity contribution in [2.75, 3.05) is 13.1 Å². The minimum absolute atomic E-state index is 0.0570. The number of hydrogen-bond acceptors (Lipinski definition) is 2. The molecule has 90 valence electrons. The van der Waals surface area contributed by atoms with Gasteiger partial charge in [-0.1, -0.05) is 0 Å². The lowest BCUT2D eigenvalue weighted by Gasteiger charge is -2.36. The van der Waals surface area contributed by atoms with Crippen LogP contribution in [0, 0.1) is 17.8 Å². The van der Waals surface area contributed by atoms with E-state index in [4.69, 9.17) is 11.2 Å². The van der Waals surface area contributed by atoms with Crippen LogP contribution >= 0.6 is 0 Å². The van der Waals surface area contributed by atoms with Crippen LogP contribution in [-0.4, -0.2) is 29.7 Å². The van der Waals surface area contributed by atoms with E-state index in [2.05, 4.69) is 12.8 Å². The van der Waals surface area contributed by atoms with Crippen molar-refractivity contribution in [2.45, 2.75) is 46.1 Å². The zero-order valence-corrected chi connectivity index (χ0v) is 10.7. The molecule has 1 fully saturated rings. The molecule has 0 radical (unpaired) electrons. The highest BCUT2D eigenvalue weighted by Crippen LogP contribution is 2.30. The van der Waals surface area contributed by atoms with Crippen LogP contribution in [-0.2, 0) is 4.74 Å². The summed E-state index contributed by atoms with van der Waals surface area (Å²) >= 11 is 0. The first-order valence-corrected chi connectivity index (χ1v) is 5.71. The predicted octanol–water partition coefficient (Wildman–Crippen LogP) is 2.66. The first-order valence-electron chi connectivity index (χ1n) is 5.71. The van der Waals surface area contributed by atoms with Crippen LogP contribution in [0.2, 0.25) is 0 Å². The standard InChI is InChI=1S/C13H21NO2/c1-6-13(5)7-9-14(10-8-13)11(15)16-12(2,3)4/h1H,7-10H2,2-5H3. The van der Waals surface area contributed by atoms with Crippen molar-refractivity contribution >= 4 is 6.09 Å². The largest absolute Gasteiger partial charge is 0.444 e. The van der Waals surface area contributed by atoms with Crippen molar-refractivity contribution in [1.82, 2.24) is 4.90 Å². The topological polar surface area (TPSA) is 29.5 Å². The van der Waals surface area contributed by atoms with Gasteiger partial charge < -0.3 is 9.64 Å². The number of carbonyl (C=O) groups is 1. The van der Waals surface area contributed by atoms with Crippen LogP contribution in [0.5, 0.6) is 0 Å². The summed E-state index contributed by atoms with van der Waals surface area (Å²) in [7, 11) is 0. The predicted molar refractivity (Wildman–Crippen MR) is 64.0 cm³/mol. The summed E-state index contributed by atoms with van der Waals surface area (Å²) < 4.78 is 5.31. The first-order chi connectivity index (χ1) is 7.26. The van der Waals surface area contributed by atoms with Crippen LogP contribution < -0.4 is 0 Å². The Hall–Kier alpha value is -1.17. The summed E-state index contributed by atoms with van der Waals surface area (Å²) in [5.41, 5.74) is -0.484. The van der Waals surface area contributed by atoms with Crippen molar-refractivity contribution in [3.05, 3.63) is 0 Å². The van der Waals surface area contributed by atoms with E-state index in [9.17, 15) is 4.79 Å². The Morgan fingerprint density at radius 3 is 2.25 bits per heavy atom. The molecule has 0 aliphatic carbocycles. The molecule has 3 nitrogen and oxygen atoms in total. The molecule has 0 aromatic rings. The molecular weight excluding hydrogens is 202 g/mol. The van der Waals surface area contributed by atoms with E-state index >= 15 is 0 Å². The lowest BCUT2D eigenvalue weighted by atomic mass is 9.81. The maximum Gasteiger partial charge on any atom is 0.410 e. The maximum absolute atomic E-state index is 11.8. The highest BCUT2D eigenvalue weighted by molar-refractivity contribution is 5.68. The van der Waals surface area contributed by atoms with Gasteiger partial charge in [0.25, 0.3) is 0 Å². The van der Waals surface area contributed by atoms with Crippen LogP contribution in [0.15, 0.2) is 0 Å². The van der Waals surface area contributed by atoms with E-state index < -0.39 is 5.60 Å². The van der Waals surface area contributed by atoms with Gasteiger partial charge in [0.15, 0.2) is 0 Å². The smallest absolute Gasteiger partial charge is 0.410 e. The molecule has 0 aromatic carbocycles. The number of likely N-dealkylation sites (tertiary alicyclic amines) is 1. The second kappa shape index (κ2) is 4.37. The Morgan fingerprint density at radius 1 is 1.38 bits per heavy atom. The van der Waals surface area contributed by atoms with Gasteiger partial charge in [-0.2, -0.15) is 0 Å². The molecule has 3 heteroatoms. The fraction of sp³-hybridized carbons (Fsp3) is 0.769. The number of terminal acetylenes is 1. The second-order valence-corrected chi connectivity index (χ2v) is 5.67. The molecule has 0 saturated carbocycles. The maximum atomic E-state index is 11.8. The zero-order chi connectivity index (χ0) is 12.4. The molecule has 0 atom stereocenters. The number of carbonyl (C=O) groups excluding carboxylic acids is 1. The number of ether oxygens (including phenoxy) is 1. The van der Waals surface area contributed by atoms with E-state index in [0.29, 0.717) is 13.1 Å². The van der Waals surface area contributed by atoms with Crippen LogP contribution in [0.1, 0.15) is 40.5 Å². The molecule has 1 saturated heterocycles. The highest BCUT2D eigenvalue weighted by Gasteiger charge is 2.32. The Bertz CT molecular complexity index is 301. The van der Waals surface area contributed by atoms with Crippen LogP contribution in [0.4, 0.5) is 4.79 Å². The number of amides is 1. The van der Waals surface area contributed by atoms with E-state index in [1.54, 1.807) is 4.90 Å². The van der Waals surface area contributed by atoms with Gasteiger partial charge in [0.2, 0.25) is 0 Å². The molecule has 16 heavy (non-hydrogen) atoms. The normalized spacial score (nSPS) is 20.1. The average Bonchev–Trinajstić information content (AvgIpc) is 2.16. The molecule has 0 unspecified atom stereocenters. The lowest BCUT2D eigenvalue weighted by Crippen LogP contribution is -2.44. The summed E-state index contributed by atoms with van der Waals surface area (Å²) in [4.78, 5) is 13.5. The van der Waals surface area contributed by atoms with Gasteiger partial charge in [-0.15, -0.1) is 12.3 Å². The SMILES string of the molecule is C#CC1(C)CCN(C(=O)OC(C)(C)C)CC1. The van der Waals surface area contributed by atoms with Crippen molar-refractivity contribution in [3.63, 3.8) is 0 Å². The van der Waals surface area contributed by atoms with Crippen molar-refractivity contribution < 1.29 is 9.53 Å². The van der Waals surface area contributed by atoms with Crippen molar-refractivity contribution in [3.8, 4) is 12.3 Å².